The van der Waals surface area contributed by atoms with Crippen LogP contribution in [-0.2, 0) is 19.7 Å². The van der Waals surface area contributed by atoms with Crippen molar-refractivity contribution in [3.05, 3.63) is 29.3 Å². The van der Waals surface area contributed by atoms with Gasteiger partial charge in [-0.2, -0.15) is 17.0 Å². The minimum atomic E-state index is -3.54. The number of carbonyl (C=O) groups excluding carboxylic acids is 2. The highest BCUT2D eigenvalue weighted by Crippen LogP contribution is 2.23. The molecule has 1 saturated heterocycles. The van der Waals surface area contributed by atoms with Crippen molar-refractivity contribution in [3.8, 4) is 0 Å². The van der Waals surface area contributed by atoms with Crippen LogP contribution in [0.3, 0.4) is 0 Å². The molecule has 8 nitrogen and oxygen atoms in total. The highest BCUT2D eigenvalue weighted by atomic mass is 32.2. The average molecular weight is 383 g/mol. The van der Waals surface area contributed by atoms with Crippen LogP contribution in [-0.4, -0.2) is 63.2 Å². The molecule has 1 unspecified atom stereocenters. The van der Waals surface area contributed by atoms with Crippen LogP contribution < -0.4 is 5.32 Å². The zero-order valence-electron chi connectivity index (χ0n) is 15.5. The summed E-state index contributed by atoms with van der Waals surface area (Å²) in [4.78, 5) is 24.3. The molecule has 2 rings (SSSR count). The predicted molar refractivity (Wildman–Crippen MR) is 98.1 cm³/mol. The Balaban J connectivity index is 2.14. The van der Waals surface area contributed by atoms with Gasteiger partial charge in [0.25, 0.3) is 10.2 Å². The molecule has 0 radical (unpaired) electrons. The molecule has 1 heterocycles. The first kappa shape index (κ1) is 20.3. The molecule has 1 N–H and O–H groups in total. The number of methoxy groups -OCH3 is 1. The lowest BCUT2D eigenvalue weighted by molar-refractivity contribution is -0.120. The molecule has 1 amide bonds. The van der Waals surface area contributed by atoms with Crippen molar-refractivity contribution in [2.75, 3.05) is 39.6 Å². The molecule has 1 aromatic carbocycles. The largest absolute Gasteiger partial charge is 0.465 e. The summed E-state index contributed by atoms with van der Waals surface area (Å²) in [5.41, 5.74) is 1.67. The van der Waals surface area contributed by atoms with Gasteiger partial charge in [0.2, 0.25) is 5.91 Å². The first-order valence-electron chi connectivity index (χ1n) is 8.34. The second-order valence-electron chi connectivity index (χ2n) is 6.50. The fourth-order valence-electron chi connectivity index (χ4n) is 2.83. The summed E-state index contributed by atoms with van der Waals surface area (Å²) in [6, 6.07) is 4.92. The van der Waals surface area contributed by atoms with E-state index in [1.807, 2.05) is 6.92 Å². The molecule has 1 aromatic rings. The van der Waals surface area contributed by atoms with E-state index in [0.717, 1.165) is 9.87 Å². The van der Waals surface area contributed by atoms with E-state index in [0.29, 0.717) is 30.6 Å². The molecule has 26 heavy (non-hydrogen) atoms. The van der Waals surface area contributed by atoms with Gasteiger partial charge in [0.05, 0.1) is 18.6 Å². The Morgan fingerprint density at radius 1 is 1.31 bits per heavy atom. The molecule has 0 bridgehead atoms. The lowest BCUT2D eigenvalue weighted by Crippen LogP contribution is -2.47. The number of anilines is 1. The molecule has 9 heteroatoms. The normalized spacial score (nSPS) is 18.6. The third-order valence-corrected chi connectivity index (χ3v) is 6.37. The number of carbonyl (C=O) groups is 2. The van der Waals surface area contributed by atoms with Crippen molar-refractivity contribution in [3.63, 3.8) is 0 Å². The molecular weight excluding hydrogens is 358 g/mol. The Hall–Kier alpha value is -1.97. The number of ether oxygens (including phenoxy) is 1. The predicted octanol–water partition coefficient (Wildman–Crippen LogP) is 1.24. The van der Waals surface area contributed by atoms with E-state index >= 15 is 0 Å². The van der Waals surface area contributed by atoms with Crippen molar-refractivity contribution < 1.29 is 22.7 Å². The smallest absolute Gasteiger partial charge is 0.337 e. The van der Waals surface area contributed by atoms with Crippen molar-refractivity contribution in [1.82, 2.24) is 8.61 Å². The molecule has 0 aliphatic carbocycles. The Morgan fingerprint density at radius 2 is 2.00 bits per heavy atom. The SMILES string of the molecule is COC(=O)c1ccc(C)c(NC(=O)C2CCCN(S(=O)(=O)N(C)C)C2)c1. The van der Waals surface area contributed by atoms with E-state index in [2.05, 4.69) is 5.32 Å². The number of esters is 1. The molecule has 1 aliphatic rings. The summed E-state index contributed by atoms with van der Waals surface area (Å²) in [5, 5.41) is 2.82. The number of benzene rings is 1. The van der Waals surface area contributed by atoms with E-state index in [9.17, 15) is 18.0 Å². The summed E-state index contributed by atoms with van der Waals surface area (Å²) >= 11 is 0. The summed E-state index contributed by atoms with van der Waals surface area (Å²) in [6.07, 6.45) is 1.23. The molecule has 1 aliphatic heterocycles. The number of hydrogen-bond acceptors (Lipinski definition) is 5. The molecule has 0 spiro atoms. The number of rotatable bonds is 5. The van der Waals surface area contributed by atoms with E-state index in [-0.39, 0.29) is 12.5 Å². The number of amides is 1. The zero-order chi connectivity index (χ0) is 19.5. The third kappa shape index (κ3) is 4.40. The van der Waals surface area contributed by atoms with E-state index in [4.69, 9.17) is 4.74 Å². The summed E-state index contributed by atoms with van der Waals surface area (Å²) < 4.78 is 31.8. The van der Waals surface area contributed by atoms with Crippen molar-refractivity contribution in [2.45, 2.75) is 19.8 Å². The number of hydrogen-bond donors (Lipinski definition) is 1. The van der Waals surface area contributed by atoms with Crippen LogP contribution in [0.5, 0.6) is 0 Å². The standard InChI is InChI=1S/C17H25N3O5S/c1-12-7-8-13(17(22)25-4)10-15(12)18-16(21)14-6-5-9-20(11-14)26(23,24)19(2)3/h7-8,10,14H,5-6,9,11H2,1-4H3,(H,18,21). The van der Waals surface area contributed by atoms with Gasteiger partial charge in [0, 0.05) is 32.9 Å². The molecule has 0 saturated carbocycles. The van der Waals surface area contributed by atoms with Gasteiger partial charge in [-0.1, -0.05) is 6.07 Å². The topological polar surface area (TPSA) is 96.0 Å². The average Bonchev–Trinajstić information content (AvgIpc) is 2.62. The Bertz CT molecular complexity index is 792. The Morgan fingerprint density at radius 3 is 2.62 bits per heavy atom. The van der Waals surface area contributed by atoms with E-state index in [1.165, 1.54) is 25.5 Å². The fourth-order valence-corrected chi connectivity index (χ4v) is 4.02. The van der Waals surface area contributed by atoms with Gasteiger partial charge >= 0.3 is 5.97 Å². The van der Waals surface area contributed by atoms with Gasteiger partial charge in [-0.05, 0) is 37.5 Å². The second kappa shape index (κ2) is 8.15. The minimum absolute atomic E-state index is 0.141. The summed E-state index contributed by atoms with van der Waals surface area (Å²) in [6.45, 7) is 2.36. The highest BCUT2D eigenvalue weighted by Gasteiger charge is 2.33. The third-order valence-electron chi connectivity index (χ3n) is 4.46. The Labute approximate surface area is 154 Å². The maximum atomic E-state index is 12.7. The van der Waals surface area contributed by atoms with Gasteiger partial charge in [0.1, 0.15) is 0 Å². The maximum Gasteiger partial charge on any atom is 0.337 e. The first-order chi connectivity index (χ1) is 12.2. The van der Waals surface area contributed by atoms with Crippen LogP contribution in [0, 0.1) is 12.8 Å². The van der Waals surface area contributed by atoms with Crippen molar-refractivity contribution in [2.24, 2.45) is 5.92 Å². The summed E-state index contributed by atoms with van der Waals surface area (Å²) in [5.74, 6) is -1.19. The van der Waals surface area contributed by atoms with E-state index < -0.39 is 22.1 Å². The fraction of sp³-hybridized carbons (Fsp3) is 0.529. The highest BCUT2D eigenvalue weighted by molar-refractivity contribution is 7.86. The van der Waals surface area contributed by atoms with Crippen LogP contribution in [0.1, 0.15) is 28.8 Å². The van der Waals surface area contributed by atoms with Crippen molar-refractivity contribution in [1.29, 1.82) is 0 Å². The van der Waals surface area contributed by atoms with Gasteiger partial charge in [-0.3, -0.25) is 4.79 Å². The van der Waals surface area contributed by atoms with Gasteiger partial charge in [0.15, 0.2) is 0 Å². The van der Waals surface area contributed by atoms with Crippen LogP contribution >= 0.6 is 0 Å². The molecule has 1 fully saturated rings. The zero-order valence-corrected chi connectivity index (χ0v) is 16.3. The van der Waals surface area contributed by atoms with Crippen LogP contribution in [0.25, 0.3) is 0 Å². The lowest BCUT2D eigenvalue weighted by Gasteiger charge is -2.32. The van der Waals surface area contributed by atoms with Crippen molar-refractivity contribution >= 4 is 27.8 Å². The quantitative estimate of drug-likeness (QED) is 0.772. The monoisotopic (exact) mass is 383 g/mol. The van der Waals surface area contributed by atoms with Gasteiger partial charge in [-0.15, -0.1) is 0 Å². The van der Waals surface area contributed by atoms with Crippen LogP contribution in [0.15, 0.2) is 18.2 Å². The molecule has 0 aromatic heterocycles. The minimum Gasteiger partial charge on any atom is -0.465 e. The molecule has 1 atom stereocenters. The van der Waals surface area contributed by atoms with Gasteiger partial charge in [-0.25, -0.2) is 4.79 Å². The molecular formula is C17H25N3O5S. The Kier molecular flexibility index (Phi) is 6.38. The summed E-state index contributed by atoms with van der Waals surface area (Å²) in [7, 11) is 0.696. The number of nitrogens with zero attached hydrogens (tertiary/aromatic N) is 2. The lowest BCUT2D eigenvalue weighted by atomic mass is 9.98. The second-order valence-corrected chi connectivity index (χ2v) is 8.64. The molecule has 144 valence electrons. The maximum absolute atomic E-state index is 12.7. The van der Waals surface area contributed by atoms with Gasteiger partial charge < -0.3 is 10.1 Å². The van der Waals surface area contributed by atoms with Crippen LogP contribution in [0.4, 0.5) is 5.69 Å². The van der Waals surface area contributed by atoms with E-state index in [1.54, 1.807) is 18.2 Å². The number of aryl methyl sites for hydroxylation is 1. The number of nitrogens with one attached hydrogen (secondary N) is 1. The van der Waals surface area contributed by atoms with Crippen LogP contribution in [0.2, 0.25) is 0 Å². The first-order valence-corrected chi connectivity index (χ1v) is 9.74. The number of piperidine rings is 1.